The number of rotatable bonds is 6. The lowest BCUT2D eigenvalue weighted by atomic mass is 10.1. The SMILES string of the molecule is CCNC(c1ccc(CC)s1)c1nc(C(C)C)cs1. The zero-order valence-electron chi connectivity index (χ0n) is 12.1. The maximum atomic E-state index is 4.80. The Morgan fingerprint density at radius 1 is 1.26 bits per heavy atom. The molecule has 104 valence electrons. The lowest BCUT2D eigenvalue weighted by molar-refractivity contribution is 0.632. The lowest BCUT2D eigenvalue weighted by Crippen LogP contribution is -2.21. The molecule has 2 heterocycles. The van der Waals surface area contributed by atoms with E-state index in [0.29, 0.717) is 5.92 Å². The monoisotopic (exact) mass is 294 g/mol. The first kappa shape index (κ1) is 14.7. The first-order valence-corrected chi connectivity index (χ1v) is 8.62. The smallest absolute Gasteiger partial charge is 0.115 e. The molecule has 2 nitrogen and oxygen atoms in total. The van der Waals surface area contributed by atoms with E-state index >= 15 is 0 Å². The Bertz CT molecular complexity index is 514. The van der Waals surface area contributed by atoms with Gasteiger partial charge in [-0.15, -0.1) is 22.7 Å². The standard InChI is InChI=1S/C15H22N2S2/c1-5-11-7-8-13(19-11)14(16-6-2)15-17-12(9-18-15)10(3)4/h7-10,14,16H,5-6H2,1-4H3. The number of thiazole rings is 1. The van der Waals surface area contributed by atoms with Gasteiger partial charge in [0.05, 0.1) is 11.7 Å². The van der Waals surface area contributed by atoms with Gasteiger partial charge in [0.2, 0.25) is 0 Å². The molecule has 2 aromatic rings. The van der Waals surface area contributed by atoms with Gasteiger partial charge in [-0.3, -0.25) is 0 Å². The van der Waals surface area contributed by atoms with Crippen LogP contribution in [0.2, 0.25) is 0 Å². The first-order chi connectivity index (χ1) is 9.15. The van der Waals surface area contributed by atoms with Crippen LogP contribution in [0.4, 0.5) is 0 Å². The van der Waals surface area contributed by atoms with Crippen molar-refractivity contribution >= 4 is 22.7 Å². The molecule has 0 spiro atoms. The summed E-state index contributed by atoms with van der Waals surface area (Å²) in [6.07, 6.45) is 1.11. The molecular weight excluding hydrogens is 272 g/mol. The highest BCUT2D eigenvalue weighted by molar-refractivity contribution is 7.12. The van der Waals surface area contributed by atoms with Gasteiger partial charge in [0.1, 0.15) is 5.01 Å². The summed E-state index contributed by atoms with van der Waals surface area (Å²) in [5.74, 6) is 0.502. The number of thiophene rings is 1. The van der Waals surface area contributed by atoms with Crippen molar-refractivity contribution in [1.29, 1.82) is 0 Å². The fourth-order valence-electron chi connectivity index (χ4n) is 1.95. The van der Waals surface area contributed by atoms with Gasteiger partial charge in [0.15, 0.2) is 0 Å². The quantitative estimate of drug-likeness (QED) is 0.843. The van der Waals surface area contributed by atoms with E-state index in [4.69, 9.17) is 4.98 Å². The molecule has 19 heavy (non-hydrogen) atoms. The Morgan fingerprint density at radius 3 is 2.58 bits per heavy atom. The topological polar surface area (TPSA) is 24.9 Å². The van der Waals surface area contributed by atoms with Crippen molar-refractivity contribution in [1.82, 2.24) is 10.3 Å². The maximum absolute atomic E-state index is 4.80. The van der Waals surface area contributed by atoms with Crippen LogP contribution in [0, 0.1) is 0 Å². The normalized spacial score (nSPS) is 13.1. The zero-order valence-corrected chi connectivity index (χ0v) is 13.7. The molecule has 0 saturated heterocycles. The van der Waals surface area contributed by atoms with Gasteiger partial charge >= 0.3 is 0 Å². The summed E-state index contributed by atoms with van der Waals surface area (Å²) in [5.41, 5.74) is 1.20. The van der Waals surface area contributed by atoms with Crippen molar-refractivity contribution in [2.24, 2.45) is 0 Å². The number of nitrogens with one attached hydrogen (secondary N) is 1. The van der Waals surface area contributed by atoms with E-state index in [9.17, 15) is 0 Å². The third kappa shape index (κ3) is 3.44. The number of nitrogens with zero attached hydrogens (tertiary/aromatic N) is 1. The minimum absolute atomic E-state index is 0.257. The van der Waals surface area contributed by atoms with E-state index in [1.54, 1.807) is 11.3 Å². The highest BCUT2D eigenvalue weighted by atomic mass is 32.1. The van der Waals surface area contributed by atoms with Crippen LogP contribution in [-0.4, -0.2) is 11.5 Å². The highest BCUT2D eigenvalue weighted by Crippen LogP contribution is 2.31. The number of aryl methyl sites for hydroxylation is 1. The van der Waals surface area contributed by atoms with Crippen LogP contribution in [0.15, 0.2) is 17.5 Å². The van der Waals surface area contributed by atoms with Gasteiger partial charge < -0.3 is 5.32 Å². The molecule has 0 bridgehead atoms. The Hall–Kier alpha value is -0.710. The maximum Gasteiger partial charge on any atom is 0.115 e. The molecule has 2 rings (SSSR count). The summed E-state index contributed by atoms with van der Waals surface area (Å²) in [4.78, 5) is 7.62. The van der Waals surface area contributed by atoms with E-state index in [1.165, 1.54) is 20.5 Å². The molecule has 0 amide bonds. The van der Waals surface area contributed by atoms with Gasteiger partial charge in [-0.25, -0.2) is 4.98 Å². The minimum atomic E-state index is 0.257. The fraction of sp³-hybridized carbons (Fsp3) is 0.533. The average molecular weight is 294 g/mol. The van der Waals surface area contributed by atoms with E-state index < -0.39 is 0 Å². The second-order valence-corrected chi connectivity index (χ2v) is 7.00. The molecule has 0 aliphatic heterocycles. The van der Waals surface area contributed by atoms with E-state index in [2.05, 4.69) is 50.5 Å². The summed E-state index contributed by atoms with van der Waals surface area (Å²) in [6, 6.07) is 4.74. The van der Waals surface area contributed by atoms with Crippen LogP contribution >= 0.6 is 22.7 Å². The van der Waals surface area contributed by atoms with Gasteiger partial charge in [-0.1, -0.05) is 27.7 Å². The van der Waals surface area contributed by atoms with Crippen LogP contribution < -0.4 is 5.32 Å². The highest BCUT2D eigenvalue weighted by Gasteiger charge is 2.19. The van der Waals surface area contributed by atoms with Crippen molar-refractivity contribution in [2.75, 3.05) is 6.54 Å². The molecule has 0 radical (unpaired) electrons. The second kappa shape index (κ2) is 6.64. The first-order valence-electron chi connectivity index (χ1n) is 6.93. The Labute approximate surface area is 123 Å². The predicted molar refractivity (Wildman–Crippen MR) is 85.4 cm³/mol. The fourth-order valence-corrected chi connectivity index (χ4v) is 4.13. The Morgan fingerprint density at radius 2 is 2.05 bits per heavy atom. The molecule has 1 unspecified atom stereocenters. The molecule has 0 aliphatic rings. The van der Waals surface area contributed by atoms with E-state index in [-0.39, 0.29) is 6.04 Å². The van der Waals surface area contributed by atoms with Crippen LogP contribution in [0.3, 0.4) is 0 Å². The summed E-state index contributed by atoms with van der Waals surface area (Å²) in [5, 5.41) is 6.95. The van der Waals surface area contributed by atoms with Crippen molar-refractivity contribution in [3.8, 4) is 0 Å². The number of hydrogen-bond donors (Lipinski definition) is 1. The lowest BCUT2D eigenvalue weighted by Gasteiger charge is -2.13. The van der Waals surface area contributed by atoms with Gasteiger partial charge in [0, 0.05) is 15.1 Å². The second-order valence-electron chi connectivity index (χ2n) is 4.91. The third-order valence-electron chi connectivity index (χ3n) is 3.10. The Kier molecular flexibility index (Phi) is 5.13. The van der Waals surface area contributed by atoms with Gasteiger partial charge in [0.25, 0.3) is 0 Å². The summed E-state index contributed by atoms with van der Waals surface area (Å²) in [7, 11) is 0. The van der Waals surface area contributed by atoms with Crippen molar-refractivity contribution in [3.05, 3.63) is 38.0 Å². The molecule has 0 saturated carbocycles. The van der Waals surface area contributed by atoms with Crippen LogP contribution in [0.25, 0.3) is 0 Å². The third-order valence-corrected chi connectivity index (χ3v) is 5.32. The van der Waals surface area contributed by atoms with Crippen LogP contribution in [-0.2, 0) is 6.42 Å². The predicted octanol–water partition coefficient (Wildman–Crippen LogP) is 4.59. The minimum Gasteiger partial charge on any atom is -0.304 e. The largest absolute Gasteiger partial charge is 0.304 e. The molecular formula is C15H22N2S2. The zero-order chi connectivity index (χ0) is 13.8. The molecule has 2 aromatic heterocycles. The molecule has 1 atom stereocenters. The average Bonchev–Trinajstić information content (AvgIpc) is 3.05. The number of hydrogen-bond acceptors (Lipinski definition) is 4. The number of aromatic nitrogens is 1. The molecule has 0 aromatic carbocycles. The summed E-state index contributed by atoms with van der Waals surface area (Å²) < 4.78 is 0. The van der Waals surface area contributed by atoms with Crippen molar-refractivity contribution in [3.63, 3.8) is 0 Å². The van der Waals surface area contributed by atoms with E-state index in [1.807, 2.05) is 11.3 Å². The summed E-state index contributed by atoms with van der Waals surface area (Å²) in [6.45, 7) is 9.71. The van der Waals surface area contributed by atoms with Crippen molar-refractivity contribution < 1.29 is 0 Å². The summed E-state index contributed by atoms with van der Waals surface area (Å²) >= 11 is 3.67. The van der Waals surface area contributed by atoms with Crippen LogP contribution in [0.5, 0.6) is 0 Å². The van der Waals surface area contributed by atoms with E-state index in [0.717, 1.165) is 13.0 Å². The van der Waals surface area contributed by atoms with Crippen LogP contribution in [0.1, 0.15) is 60.1 Å². The van der Waals surface area contributed by atoms with Gasteiger partial charge in [-0.2, -0.15) is 0 Å². The Balaban J connectivity index is 2.27. The molecule has 0 aliphatic carbocycles. The molecule has 0 fully saturated rings. The van der Waals surface area contributed by atoms with Gasteiger partial charge in [-0.05, 0) is 31.0 Å². The molecule has 4 heteroatoms. The van der Waals surface area contributed by atoms with Crippen molar-refractivity contribution in [2.45, 2.75) is 46.1 Å². The molecule has 1 N–H and O–H groups in total.